The lowest BCUT2D eigenvalue weighted by Crippen LogP contribution is -2.48. The van der Waals surface area contributed by atoms with Gasteiger partial charge in [-0.3, -0.25) is 4.57 Å². The molecule has 2 rings (SSSR count). The molecule has 4 unspecified atom stereocenters. The Morgan fingerprint density at radius 3 is 2.29 bits per heavy atom. The quantitative estimate of drug-likeness (QED) is 0.600. The van der Waals surface area contributed by atoms with Crippen molar-refractivity contribution in [2.45, 2.75) is 71.4 Å². The number of hydrogen-bond acceptors (Lipinski definition) is 4. The van der Waals surface area contributed by atoms with Gasteiger partial charge < -0.3 is 24.4 Å². The van der Waals surface area contributed by atoms with E-state index in [2.05, 4.69) is 13.8 Å². The highest BCUT2D eigenvalue weighted by atomic mass is 31.2. The van der Waals surface area contributed by atoms with Crippen LogP contribution in [0.5, 0.6) is 0 Å². The average Bonchev–Trinajstić information content (AvgIpc) is 2.68. The van der Waals surface area contributed by atoms with Crippen molar-refractivity contribution in [3.63, 3.8) is 0 Å². The zero-order valence-electron chi connectivity index (χ0n) is 17.7. The zero-order chi connectivity index (χ0) is 21.6. The highest BCUT2D eigenvalue weighted by Crippen LogP contribution is 2.37. The van der Waals surface area contributed by atoms with Crippen molar-refractivity contribution >= 4 is 13.7 Å². The van der Waals surface area contributed by atoms with E-state index < -0.39 is 25.9 Å². The van der Waals surface area contributed by atoms with Crippen LogP contribution in [0.1, 0.15) is 52.5 Å². The molecule has 1 saturated heterocycles. The number of benzene rings is 1. The van der Waals surface area contributed by atoms with Crippen molar-refractivity contribution in [2.24, 2.45) is 0 Å². The summed E-state index contributed by atoms with van der Waals surface area (Å²) in [6.07, 6.45) is 3.10. The smallest absolute Gasteiger partial charge is 0.325 e. The van der Waals surface area contributed by atoms with Gasteiger partial charge in [-0.2, -0.15) is 0 Å². The van der Waals surface area contributed by atoms with Crippen LogP contribution < -0.4 is 0 Å². The Hall–Kier alpha value is -1.01. The van der Waals surface area contributed by atoms with Gasteiger partial charge in [-0.15, -0.1) is 0 Å². The lowest BCUT2D eigenvalue weighted by Gasteiger charge is -2.37. The number of rotatable bonds is 6. The molecule has 3 N–H and O–H groups in total. The second-order valence-electron chi connectivity index (χ2n) is 6.38. The van der Waals surface area contributed by atoms with E-state index >= 15 is 0 Å². The van der Waals surface area contributed by atoms with Crippen LogP contribution >= 0.6 is 7.60 Å². The van der Waals surface area contributed by atoms with E-state index in [4.69, 9.17) is 19.3 Å². The van der Waals surface area contributed by atoms with E-state index in [0.717, 1.165) is 5.56 Å². The van der Waals surface area contributed by atoms with Crippen LogP contribution in [0.3, 0.4) is 0 Å². The van der Waals surface area contributed by atoms with Crippen molar-refractivity contribution in [1.82, 2.24) is 0 Å². The molecular weight excluding hydrogens is 379 g/mol. The Bertz CT molecular complexity index is 572. The molecule has 28 heavy (non-hydrogen) atoms. The van der Waals surface area contributed by atoms with E-state index in [1.165, 1.54) is 13.5 Å². The highest BCUT2D eigenvalue weighted by Gasteiger charge is 2.37. The monoisotopic (exact) mass is 416 g/mol. The van der Waals surface area contributed by atoms with E-state index in [0.29, 0.717) is 6.42 Å². The maximum Gasteiger partial charge on any atom is 0.325 e. The summed E-state index contributed by atoms with van der Waals surface area (Å²) in [4.78, 5) is 18.0. The van der Waals surface area contributed by atoms with Crippen molar-refractivity contribution < 1.29 is 28.9 Å². The number of aliphatic hydroxyl groups is 1. The van der Waals surface area contributed by atoms with Gasteiger partial charge in [-0.25, -0.2) is 0 Å². The first-order chi connectivity index (χ1) is 13.3. The summed E-state index contributed by atoms with van der Waals surface area (Å²) in [6, 6.07) is 9.62. The maximum atomic E-state index is 11.0. The summed E-state index contributed by atoms with van der Waals surface area (Å²) in [7, 11) is -2.55. The molecule has 1 aromatic rings. The first-order valence-electron chi connectivity index (χ1n) is 9.94. The third kappa shape index (κ3) is 11.1. The van der Waals surface area contributed by atoms with Crippen LogP contribution in [-0.4, -0.2) is 52.6 Å². The first kappa shape index (κ1) is 27.0. The minimum Gasteiger partial charge on any atom is -0.387 e. The summed E-state index contributed by atoms with van der Waals surface area (Å²) < 4.78 is 22.1. The van der Waals surface area contributed by atoms with Gasteiger partial charge in [-0.1, -0.05) is 76.6 Å². The predicted molar refractivity (Wildman–Crippen MR) is 114 cm³/mol. The van der Waals surface area contributed by atoms with Gasteiger partial charge in [0.2, 0.25) is 0 Å². The van der Waals surface area contributed by atoms with Crippen LogP contribution in [0.25, 0.3) is 6.08 Å². The first-order valence-corrected chi connectivity index (χ1v) is 11.7. The highest BCUT2D eigenvalue weighted by molar-refractivity contribution is 7.51. The topological polar surface area (TPSA) is 96.2 Å². The fraction of sp³-hybridized carbons (Fsp3) is 0.619. The number of hydrogen-bond donors (Lipinski definition) is 3. The van der Waals surface area contributed by atoms with Gasteiger partial charge in [0.05, 0.1) is 18.4 Å². The van der Waals surface area contributed by atoms with Crippen LogP contribution in [0.4, 0.5) is 0 Å². The summed E-state index contributed by atoms with van der Waals surface area (Å²) in [5.41, 5.74) is 0.981. The van der Waals surface area contributed by atoms with Gasteiger partial charge >= 0.3 is 7.60 Å². The van der Waals surface area contributed by atoms with Gasteiger partial charge in [0, 0.05) is 13.5 Å². The van der Waals surface area contributed by atoms with Crippen molar-refractivity contribution in [3.8, 4) is 0 Å². The molecule has 1 fully saturated rings. The Balaban J connectivity index is 0.00000133. The fourth-order valence-corrected chi connectivity index (χ4v) is 3.26. The van der Waals surface area contributed by atoms with E-state index in [9.17, 15) is 9.67 Å². The number of methoxy groups -OCH3 is 1. The summed E-state index contributed by atoms with van der Waals surface area (Å²) in [5.74, 6) is 0. The molecule has 1 aliphatic heterocycles. The Morgan fingerprint density at radius 1 is 1.21 bits per heavy atom. The molecule has 162 valence electrons. The van der Waals surface area contributed by atoms with Crippen LogP contribution in [-0.2, 0) is 14.0 Å². The third-order valence-electron chi connectivity index (χ3n) is 3.89. The Morgan fingerprint density at radius 2 is 1.79 bits per heavy atom. The molecule has 0 amide bonds. The lowest BCUT2D eigenvalue weighted by atomic mass is 9.95. The molecule has 1 aromatic carbocycles. The zero-order valence-corrected chi connectivity index (χ0v) is 18.6. The molecule has 0 aliphatic carbocycles. The Labute approximate surface area is 169 Å². The molecule has 4 atom stereocenters. The minimum absolute atomic E-state index is 0.229. The molecular formula is C21H37O6P. The van der Waals surface area contributed by atoms with Gasteiger partial charge in [0.1, 0.15) is 12.2 Å². The predicted octanol–water partition coefficient (Wildman–Crippen LogP) is 4.24. The number of ether oxygens (including phenoxy) is 2. The summed E-state index contributed by atoms with van der Waals surface area (Å²) in [6.45, 7) is 8.25. The van der Waals surface area contributed by atoms with Gasteiger partial charge in [0.25, 0.3) is 0 Å². The van der Waals surface area contributed by atoms with Crippen LogP contribution in [0, 0.1) is 0 Å². The van der Waals surface area contributed by atoms with Crippen LogP contribution in [0.15, 0.2) is 36.4 Å². The molecule has 0 saturated carbocycles. The molecule has 0 spiro atoms. The van der Waals surface area contributed by atoms with E-state index in [1.807, 2.05) is 50.3 Å². The minimum atomic E-state index is -4.06. The largest absolute Gasteiger partial charge is 0.387 e. The average molecular weight is 416 g/mol. The maximum absolute atomic E-state index is 11.0. The molecule has 7 heteroatoms. The molecule has 0 radical (unpaired) electrons. The second-order valence-corrected chi connectivity index (χ2v) is 8.15. The molecule has 1 heterocycles. The third-order valence-corrected chi connectivity index (χ3v) is 4.73. The molecule has 1 aliphatic rings. The number of aliphatic hydroxyl groups excluding tert-OH is 1. The van der Waals surface area contributed by atoms with E-state index in [-0.39, 0.29) is 18.7 Å². The van der Waals surface area contributed by atoms with Crippen molar-refractivity contribution in [1.29, 1.82) is 0 Å². The second kappa shape index (κ2) is 14.9. The summed E-state index contributed by atoms with van der Waals surface area (Å²) in [5, 5.41) is 10.3. The standard InChI is InChI=1S/C16H23O6P.C3H8.C2H6/c1-21-15-11-13(9-10-23(18,19)20)22-14(16(15)17)8-7-12-5-3-2-4-6-12;1-3-2;1-2/h2-8,13-17H,9-11H2,1H3,(H2,18,19,20);3H2,1-2H3;1-2H3/b8-7+;;. The molecule has 0 bridgehead atoms. The van der Waals surface area contributed by atoms with Crippen LogP contribution in [0.2, 0.25) is 0 Å². The SMILES string of the molecule is CC.CCC.COC1CC(CCP(=O)(O)O)OC(/C=C/c2ccccc2)C1O. The lowest BCUT2D eigenvalue weighted by molar-refractivity contribution is -0.160. The summed E-state index contributed by atoms with van der Waals surface area (Å²) >= 11 is 0. The fourth-order valence-electron chi connectivity index (χ4n) is 2.63. The van der Waals surface area contributed by atoms with E-state index in [1.54, 1.807) is 6.08 Å². The van der Waals surface area contributed by atoms with Crippen molar-refractivity contribution in [3.05, 3.63) is 42.0 Å². The van der Waals surface area contributed by atoms with Gasteiger partial charge in [-0.05, 0) is 12.0 Å². The normalized spacial score (nSPS) is 24.7. The Kier molecular flexibility index (Phi) is 14.4. The molecule has 6 nitrogen and oxygen atoms in total. The van der Waals surface area contributed by atoms with Crippen molar-refractivity contribution in [2.75, 3.05) is 13.3 Å². The molecule has 0 aromatic heterocycles. The van der Waals surface area contributed by atoms with Gasteiger partial charge in [0.15, 0.2) is 0 Å².